The summed E-state index contributed by atoms with van der Waals surface area (Å²) in [5.74, 6) is 1.50. The molecule has 5 heterocycles. The number of anilines is 1. The number of hydrogen-bond acceptors (Lipinski definition) is 5. The summed E-state index contributed by atoms with van der Waals surface area (Å²) < 4.78 is 12.1. The van der Waals surface area contributed by atoms with Crippen LogP contribution >= 0.6 is 0 Å². The second kappa shape index (κ2) is 18.4. The zero-order valence-electron chi connectivity index (χ0n) is 42.4. The Kier molecular flexibility index (Phi) is 12.2. The molecule has 356 valence electrons. The lowest BCUT2D eigenvalue weighted by atomic mass is 9.86. The third-order valence-corrected chi connectivity index (χ3v) is 13.5. The number of H-pyrrole nitrogens is 2. The maximum absolute atomic E-state index is 6.18. The maximum atomic E-state index is 6.18. The van der Waals surface area contributed by atoms with E-state index in [-0.39, 0.29) is 16.2 Å². The van der Waals surface area contributed by atoms with E-state index in [4.69, 9.17) is 25.2 Å². The van der Waals surface area contributed by atoms with E-state index in [2.05, 4.69) is 206 Å². The van der Waals surface area contributed by atoms with Crippen LogP contribution in [0, 0.1) is 0 Å². The molecule has 0 atom stereocenters. The van der Waals surface area contributed by atoms with Gasteiger partial charge in [-0.1, -0.05) is 147 Å². The third kappa shape index (κ3) is 9.82. The fourth-order valence-electron chi connectivity index (χ4n) is 9.43. The van der Waals surface area contributed by atoms with Crippen LogP contribution in [-0.4, -0.2) is 33.1 Å². The molecule has 0 aliphatic carbocycles. The van der Waals surface area contributed by atoms with Crippen molar-refractivity contribution in [3.05, 3.63) is 185 Å². The highest BCUT2D eigenvalue weighted by molar-refractivity contribution is 6.00. The summed E-state index contributed by atoms with van der Waals surface area (Å²) in [6.45, 7) is 21.1. The van der Waals surface area contributed by atoms with E-state index in [9.17, 15) is 0 Å². The Morgan fingerprint density at radius 2 is 0.606 bits per heavy atom. The number of nitrogens with one attached hydrogen (secondary N) is 2. The van der Waals surface area contributed by atoms with Gasteiger partial charge in [0.15, 0.2) is 0 Å². The number of rotatable bonds is 9. The number of nitrogens with zero attached hydrogens (tertiary/aromatic N) is 2. The summed E-state index contributed by atoms with van der Waals surface area (Å²) in [4.78, 5) is 18.9. The van der Waals surface area contributed by atoms with Crippen LogP contribution in [0.2, 0.25) is 0 Å². The molecule has 0 unspecified atom stereocenters. The standard InChI is InChI=1S/C64H63N5O2/c1-62(2,3)44-18-10-40(11-19-44)58-50-30-32-52(66-50)59(41-12-20-45(21-13-41)63(4,5)6)54-34-36-56(68-54)61(43-16-26-48(27-17-43)70-38-39-71-49-28-24-47(65)25-29-49)57-37-35-55(69-57)60(53-33-31-51(58)67-53)42-14-22-46(23-15-42)64(7,8)9/h10-37,66,69H,38-39,65H2,1-9H3. The van der Waals surface area contributed by atoms with Crippen molar-refractivity contribution < 1.29 is 9.47 Å². The van der Waals surface area contributed by atoms with E-state index in [1.165, 1.54) is 16.7 Å². The normalized spacial score (nSPS) is 12.6. The molecule has 4 N–H and O–H groups in total. The average Bonchev–Trinajstić information content (AvgIpc) is 4.20. The fraction of sp³-hybridized carbons (Fsp3) is 0.219. The van der Waals surface area contributed by atoms with E-state index >= 15 is 0 Å². The Morgan fingerprint density at radius 3 is 0.873 bits per heavy atom. The van der Waals surface area contributed by atoms with Gasteiger partial charge in [0.2, 0.25) is 0 Å². The summed E-state index contributed by atoms with van der Waals surface area (Å²) in [5.41, 5.74) is 25.9. The molecule has 7 heteroatoms. The highest BCUT2D eigenvalue weighted by Gasteiger charge is 2.22. The molecule has 2 aliphatic rings. The molecule has 10 rings (SSSR count). The van der Waals surface area contributed by atoms with Gasteiger partial charge in [-0.05, 0) is 140 Å². The minimum absolute atomic E-state index is 0.00467. The first-order chi connectivity index (χ1) is 34.0. The first kappa shape index (κ1) is 46.8. The highest BCUT2D eigenvalue weighted by Crippen LogP contribution is 2.40. The van der Waals surface area contributed by atoms with Gasteiger partial charge < -0.3 is 25.2 Å². The van der Waals surface area contributed by atoms with Crippen molar-refractivity contribution in [1.29, 1.82) is 0 Å². The van der Waals surface area contributed by atoms with Gasteiger partial charge in [-0.25, -0.2) is 9.97 Å². The second-order valence-electron chi connectivity index (χ2n) is 21.8. The van der Waals surface area contributed by atoms with Crippen molar-refractivity contribution in [3.63, 3.8) is 0 Å². The zero-order chi connectivity index (χ0) is 49.7. The first-order valence-electron chi connectivity index (χ1n) is 24.7. The summed E-state index contributed by atoms with van der Waals surface area (Å²) in [6.07, 6.45) is 8.63. The molecule has 0 saturated heterocycles. The van der Waals surface area contributed by atoms with E-state index in [0.717, 1.165) is 101 Å². The van der Waals surface area contributed by atoms with Gasteiger partial charge in [-0.3, -0.25) is 0 Å². The lowest BCUT2D eigenvalue weighted by Crippen LogP contribution is -2.10. The molecule has 0 fully saturated rings. The second-order valence-corrected chi connectivity index (χ2v) is 21.8. The van der Waals surface area contributed by atoms with E-state index in [1.54, 1.807) is 0 Å². The number of aromatic amines is 2. The van der Waals surface area contributed by atoms with Crippen molar-refractivity contribution >= 4 is 52.1 Å². The molecule has 8 bridgehead atoms. The summed E-state index contributed by atoms with van der Waals surface area (Å²) in [7, 11) is 0. The highest BCUT2D eigenvalue weighted by atomic mass is 16.5. The average molecular weight is 934 g/mol. The van der Waals surface area contributed by atoms with Crippen molar-refractivity contribution in [1.82, 2.24) is 19.9 Å². The summed E-state index contributed by atoms with van der Waals surface area (Å²) in [6, 6.07) is 51.3. The number of nitrogens with two attached hydrogens (primary N) is 1. The molecule has 5 aromatic carbocycles. The quantitative estimate of drug-likeness (QED) is 0.0988. The van der Waals surface area contributed by atoms with Crippen molar-refractivity contribution in [2.24, 2.45) is 0 Å². The molecule has 0 amide bonds. The van der Waals surface area contributed by atoms with E-state index in [1.807, 2.05) is 36.4 Å². The van der Waals surface area contributed by atoms with E-state index in [0.29, 0.717) is 18.9 Å². The minimum atomic E-state index is 0.00467. The van der Waals surface area contributed by atoms with Gasteiger partial charge in [0.25, 0.3) is 0 Å². The molecule has 2 aliphatic heterocycles. The molecule has 71 heavy (non-hydrogen) atoms. The number of ether oxygens (including phenoxy) is 2. The Hall–Kier alpha value is -7.90. The zero-order valence-corrected chi connectivity index (χ0v) is 42.4. The lowest BCUT2D eigenvalue weighted by molar-refractivity contribution is 0.217. The van der Waals surface area contributed by atoms with Crippen LogP contribution in [-0.2, 0) is 16.2 Å². The molecule has 3 aromatic heterocycles. The number of nitrogen functional groups attached to an aromatic ring is 1. The van der Waals surface area contributed by atoms with Crippen LogP contribution in [0.5, 0.6) is 11.5 Å². The first-order valence-corrected chi connectivity index (χ1v) is 24.7. The maximum Gasteiger partial charge on any atom is 0.122 e. The van der Waals surface area contributed by atoms with Gasteiger partial charge in [-0.2, -0.15) is 0 Å². The third-order valence-electron chi connectivity index (χ3n) is 13.5. The topological polar surface area (TPSA) is 102 Å². The van der Waals surface area contributed by atoms with Crippen LogP contribution in [0.3, 0.4) is 0 Å². The van der Waals surface area contributed by atoms with Gasteiger partial charge in [0, 0.05) is 50.0 Å². The summed E-state index contributed by atoms with van der Waals surface area (Å²) in [5, 5.41) is 0. The van der Waals surface area contributed by atoms with E-state index < -0.39 is 0 Å². The van der Waals surface area contributed by atoms with Crippen molar-refractivity contribution in [2.45, 2.75) is 78.6 Å². The van der Waals surface area contributed by atoms with Crippen LogP contribution in [0.15, 0.2) is 146 Å². The fourth-order valence-corrected chi connectivity index (χ4v) is 9.43. The van der Waals surface area contributed by atoms with Gasteiger partial charge in [-0.15, -0.1) is 0 Å². The molecule has 0 spiro atoms. The number of benzene rings is 5. The Morgan fingerprint density at radius 1 is 0.352 bits per heavy atom. The Bertz CT molecular complexity index is 3420. The number of aromatic nitrogens is 4. The lowest BCUT2D eigenvalue weighted by Gasteiger charge is -2.19. The minimum Gasteiger partial charge on any atom is -0.490 e. The number of fused-ring (bicyclic) bond motifs is 8. The molecule has 0 radical (unpaired) electrons. The smallest absolute Gasteiger partial charge is 0.122 e. The summed E-state index contributed by atoms with van der Waals surface area (Å²) >= 11 is 0. The van der Waals surface area contributed by atoms with Crippen molar-refractivity contribution in [2.75, 3.05) is 18.9 Å². The van der Waals surface area contributed by atoms with Gasteiger partial charge in [0.05, 0.1) is 22.8 Å². The SMILES string of the molecule is CC(C)(C)c1ccc(-c2c3nc(c(-c4ccc(C(C)(C)C)cc4)c4ccc([nH]4)c(-c4ccc(C(C)(C)C)cc4)c4nc(c(-c5ccc(OCCOc6ccc(N)cc6)cc5)c5ccc2[nH]5)C=C4)C=C3)cc1. The van der Waals surface area contributed by atoms with Gasteiger partial charge >= 0.3 is 0 Å². The van der Waals surface area contributed by atoms with Crippen LogP contribution in [0.4, 0.5) is 5.69 Å². The molecular weight excluding hydrogens is 871 g/mol. The Labute approximate surface area is 418 Å². The Balaban J connectivity index is 1.21. The van der Waals surface area contributed by atoms with Crippen LogP contribution in [0.25, 0.3) is 90.9 Å². The largest absolute Gasteiger partial charge is 0.490 e. The predicted octanol–water partition coefficient (Wildman–Crippen LogP) is 16.3. The number of hydrogen-bond donors (Lipinski definition) is 3. The molecule has 8 aromatic rings. The van der Waals surface area contributed by atoms with Gasteiger partial charge in [0.1, 0.15) is 24.7 Å². The molecule has 7 nitrogen and oxygen atoms in total. The van der Waals surface area contributed by atoms with Crippen LogP contribution < -0.4 is 15.2 Å². The molecule has 0 saturated carbocycles. The van der Waals surface area contributed by atoms with Crippen molar-refractivity contribution in [3.8, 4) is 56.0 Å². The monoisotopic (exact) mass is 933 g/mol. The molecular formula is C64H63N5O2. The van der Waals surface area contributed by atoms with Crippen LogP contribution in [0.1, 0.15) is 102 Å². The predicted molar refractivity (Wildman–Crippen MR) is 299 cm³/mol.